The summed E-state index contributed by atoms with van der Waals surface area (Å²) in [5.74, 6) is -0.536. The zero-order chi connectivity index (χ0) is 18.8. The summed E-state index contributed by atoms with van der Waals surface area (Å²) in [5.41, 5.74) is 3.56. The first-order valence-corrected chi connectivity index (χ1v) is 9.04. The fourth-order valence-electron chi connectivity index (χ4n) is 2.98. The molecule has 0 radical (unpaired) electrons. The largest absolute Gasteiger partial charge is 0.461 e. The molecule has 5 nitrogen and oxygen atoms in total. The van der Waals surface area contributed by atoms with E-state index in [1.165, 1.54) is 0 Å². The Morgan fingerprint density at radius 1 is 1.15 bits per heavy atom. The van der Waals surface area contributed by atoms with Crippen LogP contribution in [0.5, 0.6) is 0 Å². The maximum atomic E-state index is 12.5. The van der Waals surface area contributed by atoms with Gasteiger partial charge in [-0.15, -0.1) is 0 Å². The van der Waals surface area contributed by atoms with Crippen LogP contribution in [0.1, 0.15) is 33.3 Å². The highest BCUT2D eigenvalue weighted by Gasteiger charge is 2.17. The van der Waals surface area contributed by atoms with Crippen LogP contribution in [-0.4, -0.2) is 23.1 Å². The zero-order valence-electron chi connectivity index (χ0n) is 14.8. The van der Waals surface area contributed by atoms with Crippen molar-refractivity contribution in [3.05, 3.63) is 63.8 Å². The summed E-state index contributed by atoms with van der Waals surface area (Å²) in [7, 11) is 1.82. The van der Waals surface area contributed by atoms with Crippen LogP contribution in [0.4, 0.5) is 5.69 Å². The van der Waals surface area contributed by atoms with E-state index in [-0.39, 0.29) is 11.9 Å². The van der Waals surface area contributed by atoms with Gasteiger partial charge in [-0.3, -0.25) is 4.79 Å². The molecule has 0 unspecified atom stereocenters. The van der Waals surface area contributed by atoms with Crippen molar-refractivity contribution in [3.63, 3.8) is 0 Å². The first-order chi connectivity index (χ1) is 12.4. The summed E-state index contributed by atoms with van der Waals surface area (Å²) in [4.78, 5) is 24.6. The monoisotopic (exact) mass is 414 g/mol. The second kappa shape index (κ2) is 7.33. The average Bonchev–Trinajstić information content (AvgIpc) is 2.95. The lowest BCUT2D eigenvalue weighted by atomic mass is 10.1. The molecule has 3 rings (SSSR count). The third kappa shape index (κ3) is 3.37. The van der Waals surface area contributed by atoms with Crippen molar-refractivity contribution < 1.29 is 14.3 Å². The van der Waals surface area contributed by atoms with Gasteiger partial charge in [-0.2, -0.15) is 0 Å². The number of aryl methyl sites for hydroxylation is 2. The first kappa shape index (κ1) is 18.2. The number of hydrogen-bond donors (Lipinski definition) is 1. The second-order valence-electron chi connectivity index (χ2n) is 5.95. The minimum Gasteiger partial charge on any atom is -0.461 e. The molecule has 0 fully saturated rings. The standard InChI is InChI=1S/C20H19BrN2O3/c1-4-26-20(25)17-11-14-7-10-16(12(2)18(14)23(17)3)22-19(24)13-5-8-15(21)9-6-13/h5-11H,4H2,1-3H3,(H,22,24). The number of ether oxygens (including phenoxy) is 1. The number of nitrogens with zero attached hydrogens (tertiary/aromatic N) is 1. The molecule has 134 valence electrons. The van der Waals surface area contributed by atoms with Gasteiger partial charge in [-0.1, -0.05) is 22.0 Å². The smallest absolute Gasteiger partial charge is 0.354 e. The summed E-state index contributed by atoms with van der Waals surface area (Å²) < 4.78 is 7.83. The summed E-state index contributed by atoms with van der Waals surface area (Å²) in [6, 6.07) is 12.7. The van der Waals surface area contributed by atoms with Crippen molar-refractivity contribution >= 4 is 44.4 Å². The number of carbonyl (C=O) groups excluding carboxylic acids is 2. The van der Waals surface area contributed by atoms with Crippen molar-refractivity contribution in [2.24, 2.45) is 7.05 Å². The van der Waals surface area contributed by atoms with Crippen LogP contribution in [0.15, 0.2) is 46.9 Å². The molecule has 0 aliphatic heterocycles. The van der Waals surface area contributed by atoms with Crippen LogP contribution in [0.3, 0.4) is 0 Å². The molecule has 2 aromatic carbocycles. The van der Waals surface area contributed by atoms with Crippen molar-refractivity contribution in [1.82, 2.24) is 4.57 Å². The Balaban J connectivity index is 1.96. The number of esters is 1. The van der Waals surface area contributed by atoms with Gasteiger partial charge in [0.2, 0.25) is 0 Å². The lowest BCUT2D eigenvalue weighted by molar-refractivity contribution is 0.0515. The molecule has 6 heteroatoms. The minimum atomic E-state index is -0.356. The van der Waals surface area contributed by atoms with E-state index in [1.54, 1.807) is 29.7 Å². The van der Waals surface area contributed by atoms with Gasteiger partial charge in [0.25, 0.3) is 5.91 Å². The number of carbonyl (C=O) groups is 2. The predicted molar refractivity (Wildman–Crippen MR) is 106 cm³/mol. The van der Waals surface area contributed by atoms with E-state index in [2.05, 4.69) is 21.2 Å². The normalized spacial score (nSPS) is 10.8. The lowest BCUT2D eigenvalue weighted by Gasteiger charge is -2.11. The van der Waals surface area contributed by atoms with Gasteiger partial charge in [0.1, 0.15) is 5.69 Å². The van der Waals surface area contributed by atoms with Crippen molar-refractivity contribution in [1.29, 1.82) is 0 Å². The van der Waals surface area contributed by atoms with Crippen molar-refractivity contribution in [3.8, 4) is 0 Å². The molecule has 26 heavy (non-hydrogen) atoms. The lowest BCUT2D eigenvalue weighted by Crippen LogP contribution is -2.13. The summed E-state index contributed by atoms with van der Waals surface area (Å²) in [6.45, 7) is 4.03. The molecule has 0 atom stereocenters. The molecular weight excluding hydrogens is 396 g/mol. The second-order valence-corrected chi connectivity index (χ2v) is 6.86. The molecule has 0 aliphatic rings. The molecule has 0 aliphatic carbocycles. The van der Waals surface area contributed by atoms with E-state index in [0.717, 1.165) is 20.9 Å². The number of halogens is 1. The summed E-state index contributed by atoms with van der Waals surface area (Å²) in [6.07, 6.45) is 0. The fraction of sp³-hybridized carbons (Fsp3) is 0.200. The number of rotatable bonds is 4. The maximum Gasteiger partial charge on any atom is 0.354 e. The number of aromatic nitrogens is 1. The van der Waals surface area contributed by atoms with Gasteiger partial charge in [0, 0.05) is 28.2 Å². The van der Waals surface area contributed by atoms with Crippen LogP contribution in [0.25, 0.3) is 10.9 Å². The molecule has 1 N–H and O–H groups in total. The SMILES string of the molecule is CCOC(=O)c1cc2ccc(NC(=O)c3ccc(Br)cc3)c(C)c2n1C. The van der Waals surface area contributed by atoms with Gasteiger partial charge in [-0.05, 0) is 55.8 Å². The Morgan fingerprint density at radius 2 is 1.85 bits per heavy atom. The average molecular weight is 415 g/mol. The highest BCUT2D eigenvalue weighted by molar-refractivity contribution is 9.10. The van der Waals surface area contributed by atoms with Crippen LogP contribution in [-0.2, 0) is 11.8 Å². The molecule has 1 heterocycles. The van der Waals surface area contributed by atoms with Crippen LogP contribution < -0.4 is 5.32 Å². The third-order valence-electron chi connectivity index (χ3n) is 4.29. The topological polar surface area (TPSA) is 60.3 Å². The van der Waals surface area contributed by atoms with Crippen LogP contribution >= 0.6 is 15.9 Å². The Kier molecular flexibility index (Phi) is 5.13. The highest BCUT2D eigenvalue weighted by atomic mass is 79.9. The van der Waals surface area contributed by atoms with Crippen LogP contribution in [0, 0.1) is 6.92 Å². The molecule has 1 amide bonds. The molecular formula is C20H19BrN2O3. The predicted octanol–water partition coefficient (Wildman–Crippen LogP) is 4.68. The Hall–Kier alpha value is -2.60. The van der Waals surface area contributed by atoms with E-state index >= 15 is 0 Å². The molecule has 0 saturated carbocycles. The number of hydrogen-bond acceptors (Lipinski definition) is 3. The number of benzene rings is 2. The van der Waals surface area contributed by atoms with E-state index in [4.69, 9.17) is 4.74 Å². The number of fused-ring (bicyclic) bond motifs is 1. The number of anilines is 1. The van der Waals surface area contributed by atoms with Crippen molar-refractivity contribution in [2.75, 3.05) is 11.9 Å². The van der Waals surface area contributed by atoms with Gasteiger partial charge in [-0.25, -0.2) is 4.79 Å². The minimum absolute atomic E-state index is 0.181. The van der Waals surface area contributed by atoms with Gasteiger partial charge in [0.05, 0.1) is 12.1 Å². The van der Waals surface area contributed by atoms with E-state index < -0.39 is 0 Å². The fourth-order valence-corrected chi connectivity index (χ4v) is 3.24. The molecule has 1 aromatic heterocycles. The van der Waals surface area contributed by atoms with Gasteiger partial charge < -0.3 is 14.6 Å². The first-order valence-electron chi connectivity index (χ1n) is 8.25. The highest BCUT2D eigenvalue weighted by Crippen LogP contribution is 2.28. The molecule has 0 bridgehead atoms. The summed E-state index contributed by atoms with van der Waals surface area (Å²) >= 11 is 3.36. The number of nitrogens with one attached hydrogen (secondary N) is 1. The van der Waals surface area contributed by atoms with E-state index in [0.29, 0.717) is 23.6 Å². The van der Waals surface area contributed by atoms with Gasteiger partial charge in [0.15, 0.2) is 0 Å². The Labute approximate surface area is 160 Å². The molecule has 0 spiro atoms. The van der Waals surface area contributed by atoms with Crippen molar-refractivity contribution in [2.45, 2.75) is 13.8 Å². The Morgan fingerprint density at radius 3 is 2.50 bits per heavy atom. The maximum absolute atomic E-state index is 12.5. The Bertz CT molecular complexity index is 990. The van der Waals surface area contributed by atoms with Gasteiger partial charge >= 0.3 is 5.97 Å². The molecule has 3 aromatic rings. The summed E-state index contributed by atoms with van der Waals surface area (Å²) in [5, 5.41) is 3.87. The zero-order valence-corrected chi connectivity index (χ0v) is 16.4. The molecule has 0 saturated heterocycles. The third-order valence-corrected chi connectivity index (χ3v) is 4.82. The van der Waals surface area contributed by atoms with Crippen LogP contribution in [0.2, 0.25) is 0 Å². The number of amides is 1. The quantitative estimate of drug-likeness (QED) is 0.630. The van der Waals surface area contributed by atoms with E-state index in [1.807, 2.05) is 38.2 Å². The van der Waals surface area contributed by atoms with E-state index in [9.17, 15) is 9.59 Å².